The molecule has 3 nitrogen and oxygen atoms in total. The highest BCUT2D eigenvalue weighted by Gasteiger charge is 2.04. The van der Waals surface area contributed by atoms with Crippen LogP contribution in [0, 0.1) is 0 Å². The van der Waals surface area contributed by atoms with Gasteiger partial charge in [0.05, 0.1) is 0 Å². The monoisotopic (exact) mass is 276 g/mol. The molecule has 1 aromatic heterocycles. The highest BCUT2D eigenvalue weighted by atomic mass is 79.9. The summed E-state index contributed by atoms with van der Waals surface area (Å²) in [5.74, 6) is 1.44. The number of nitrogens with one attached hydrogen (secondary N) is 1. The van der Waals surface area contributed by atoms with Crippen molar-refractivity contribution in [2.45, 2.75) is 13.0 Å². The maximum atomic E-state index is 11.0. The van der Waals surface area contributed by atoms with Gasteiger partial charge in [-0.3, -0.25) is 4.21 Å². The molecule has 0 aromatic carbocycles. The zero-order valence-electron chi connectivity index (χ0n) is 8.16. The molecule has 0 amide bonds. The van der Waals surface area contributed by atoms with Gasteiger partial charge in [0.1, 0.15) is 5.82 Å². The molecule has 0 aliphatic carbocycles. The standard InChI is InChI=1S/C9H13BrN2OS/c1-7(6-14(2)13)12-9-5-8(10)3-4-11-9/h3-5,7H,6H2,1-2H3,(H,11,12). The van der Waals surface area contributed by atoms with E-state index in [9.17, 15) is 4.21 Å². The van der Waals surface area contributed by atoms with Gasteiger partial charge in [-0.25, -0.2) is 4.98 Å². The van der Waals surface area contributed by atoms with Crippen molar-refractivity contribution in [3.8, 4) is 0 Å². The van der Waals surface area contributed by atoms with Crippen LogP contribution in [0.15, 0.2) is 22.8 Å². The van der Waals surface area contributed by atoms with Gasteiger partial charge in [-0.1, -0.05) is 15.9 Å². The molecule has 1 heterocycles. The summed E-state index contributed by atoms with van der Waals surface area (Å²) in [5.41, 5.74) is 0. The van der Waals surface area contributed by atoms with Crippen LogP contribution < -0.4 is 5.32 Å². The first-order valence-corrected chi connectivity index (χ1v) is 6.78. The number of pyridine rings is 1. The van der Waals surface area contributed by atoms with Crippen molar-refractivity contribution < 1.29 is 4.21 Å². The van der Waals surface area contributed by atoms with Crippen LogP contribution in [0.2, 0.25) is 0 Å². The van der Waals surface area contributed by atoms with Gasteiger partial charge in [0.25, 0.3) is 0 Å². The minimum Gasteiger partial charge on any atom is -0.367 e. The molecular formula is C9H13BrN2OS. The fourth-order valence-electron chi connectivity index (χ4n) is 1.13. The summed E-state index contributed by atoms with van der Waals surface area (Å²) in [6.45, 7) is 1.99. The first-order valence-electron chi connectivity index (χ1n) is 4.26. The first kappa shape index (κ1) is 11.7. The van der Waals surface area contributed by atoms with Crippen molar-refractivity contribution >= 4 is 32.5 Å². The Hall–Kier alpha value is -0.420. The maximum Gasteiger partial charge on any atom is 0.127 e. The molecular weight excluding hydrogens is 264 g/mol. The van der Waals surface area contributed by atoms with Gasteiger partial charge in [0.2, 0.25) is 0 Å². The van der Waals surface area contributed by atoms with E-state index >= 15 is 0 Å². The van der Waals surface area contributed by atoms with Gasteiger partial charge in [-0.15, -0.1) is 0 Å². The number of nitrogens with zero attached hydrogens (tertiary/aromatic N) is 1. The lowest BCUT2D eigenvalue weighted by atomic mass is 10.4. The number of aromatic nitrogens is 1. The lowest BCUT2D eigenvalue weighted by Gasteiger charge is -2.12. The van der Waals surface area contributed by atoms with Crippen LogP contribution in [0.5, 0.6) is 0 Å². The largest absolute Gasteiger partial charge is 0.367 e. The van der Waals surface area contributed by atoms with E-state index in [-0.39, 0.29) is 6.04 Å². The number of anilines is 1. The predicted octanol–water partition coefficient (Wildman–Crippen LogP) is 2.02. The van der Waals surface area contributed by atoms with Crippen molar-refractivity contribution in [1.82, 2.24) is 4.98 Å². The topological polar surface area (TPSA) is 42.0 Å². The van der Waals surface area contributed by atoms with Crippen molar-refractivity contribution in [3.63, 3.8) is 0 Å². The van der Waals surface area contributed by atoms with E-state index in [1.165, 1.54) is 0 Å². The minimum atomic E-state index is -0.777. The second-order valence-electron chi connectivity index (χ2n) is 3.14. The molecule has 5 heteroatoms. The van der Waals surface area contributed by atoms with Crippen LogP contribution in [-0.2, 0) is 10.8 Å². The van der Waals surface area contributed by atoms with Gasteiger partial charge in [0.15, 0.2) is 0 Å². The van der Waals surface area contributed by atoms with Crippen molar-refractivity contribution in [3.05, 3.63) is 22.8 Å². The Kier molecular flexibility index (Phi) is 4.54. The molecule has 0 radical (unpaired) electrons. The number of rotatable bonds is 4. The molecule has 0 aliphatic rings. The second-order valence-corrected chi connectivity index (χ2v) is 5.54. The average Bonchev–Trinajstić information content (AvgIpc) is 2.01. The van der Waals surface area contributed by atoms with Crippen LogP contribution in [-0.4, -0.2) is 27.2 Å². The summed E-state index contributed by atoms with van der Waals surface area (Å²) < 4.78 is 11.9. The fraction of sp³-hybridized carbons (Fsp3) is 0.444. The SMILES string of the molecule is CC(CS(C)=O)Nc1cc(Br)ccn1. The summed E-state index contributed by atoms with van der Waals surface area (Å²) in [6.07, 6.45) is 3.43. The van der Waals surface area contributed by atoms with Crippen LogP contribution in [0.3, 0.4) is 0 Å². The molecule has 0 saturated heterocycles. The van der Waals surface area contributed by atoms with E-state index < -0.39 is 10.8 Å². The normalized spacial score (nSPS) is 14.8. The number of halogens is 1. The van der Waals surface area contributed by atoms with Crippen molar-refractivity contribution in [2.75, 3.05) is 17.3 Å². The van der Waals surface area contributed by atoms with Gasteiger partial charge < -0.3 is 5.32 Å². The van der Waals surface area contributed by atoms with Crippen LogP contribution in [0.4, 0.5) is 5.82 Å². The van der Waals surface area contributed by atoms with Crippen LogP contribution in [0.25, 0.3) is 0 Å². The third-order valence-electron chi connectivity index (χ3n) is 1.60. The maximum absolute atomic E-state index is 11.0. The van der Waals surface area contributed by atoms with E-state index in [0.29, 0.717) is 5.75 Å². The van der Waals surface area contributed by atoms with Gasteiger partial charge in [-0.2, -0.15) is 0 Å². The molecule has 0 spiro atoms. The summed E-state index contributed by atoms with van der Waals surface area (Å²) >= 11 is 3.36. The Bertz CT molecular complexity index is 332. The van der Waals surface area contributed by atoms with Gasteiger partial charge >= 0.3 is 0 Å². The van der Waals surface area contributed by atoms with Gasteiger partial charge in [0, 0.05) is 39.5 Å². The van der Waals surface area contributed by atoms with Crippen LogP contribution in [0.1, 0.15) is 6.92 Å². The zero-order chi connectivity index (χ0) is 10.6. The van der Waals surface area contributed by atoms with E-state index in [1.807, 2.05) is 19.1 Å². The lowest BCUT2D eigenvalue weighted by Crippen LogP contribution is -2.22. The van der Waals surface area contributed by atoms with E-state index in [1.54, 1.807) is 12.5 Å². The van der Waals surface area contributed by atoms with E-state index in [0.717, 1.165) is 10.3 Å². The second kappa shape index (κ2) is 5.46. The third-order valence-corrected chi connectivity index (χ3v) is 3.06. The number of hydrogen-bond acceptors (Lipinski definition) is 3. The molecule has 0 aliphatic heterocycles. The molecule has 0 saturated carbocycles. The van der Waals surface area contributed by atoms with Crippen molar-refractivity contribution in [2.24, 2.45) is 0 Å². The Balaban J connectivity index is 2.55. The Morgan fingerprint density at radius 2 is 2.43 bits per heavy atom. The Morgan fingerprint density at radius 3 is 3.00 bits per heavy atom. The molecule has 78 valence electrons. The summed E-state index contributed by atoms with van der Waals surface area (Å²) in [7, 11) is -0.777. The third kappa shape index (κ3) is 4.19. The lowest BCUT2D eigenvalue weighted by molar-refractivity contribution is 0.683. The smallest absolute Gasteiger partial charge is 0.127 e. The predicted molar refractivity (Wildman–Crippen MR) is 64.0 cm³/mol. The van der Waals surface area contributed by atoms with E-state index in [2.05, 4.69) is 26.2 Å². The average molecular weight is 277 g/mol. The number of hydrogen-bond donors (Lipinski definition) is 1. The molecule has 2 atom stereocenters. The fourth-order valence-corrected chi connectivity index (χ4v) is 2.25. The molecule has 1 aromatic rings. The van der Waals surface area contributed by atoms with Gasteiger partial charge in [-0.05, 0) is 19.1 Å². The van der Waals surface area contributed by atoms with Crippen LogP contribution >= 0.6 is 15.9 Å². The molecule has 14 heavy (non-hydrogen) atoms. The zero-order valence-corrected chi connectivity index (χ0v) is 10.6. The minimum absolute atomic E-state index is 0.169. The highest BCUT2D eigenvalue weighted by molar-refractivity contribution is 9.10. The Labute approximate surface area is 94.9 Å². The summed E-state index contributed by atoms with van der Waals surface area (Å²) in [6, 6.07) is 3.94. The molecule has 1 N–H and O–H groups in total. The summed E-state index contributed by atoms with van der Waals surface area (Å²) in [4.78, 5) is 4.15. The highest BCUT2D eigenvalue weighted by Crippen LogP contribution is 2.13. The Morgan fingerprint density at radius 1 is 1.71 bits per heavy atom. The first-order chi connectivity index (χ1) is 6.58. The molecule has 0 fully saturated rings. The molecule has 2 unspecified atom stereocenters. The van der Waals surface area contributed by atoms with Crippen molar-refractivity contribution in [1.29, 1.82) is 0 Å². The molecule has 1 rings (SSSR count). The molecule has 0 bridgehead atoms. The summed E-state index contributed by atoms with van der Waals surface area (Å²) in [5, 5.41) is 3.18. The quantitative estimate of drug-likeness (QED) is 0.915. The van der Waals surface area contributed by atoms with E-state index in [4.69, 9.17) is 0 Å².